The van der Waals surface area contributed by atoms with Gasteiger partial charge in [-0.2, -0.15) is 0 Å². The molecule has 3 heteroatoms. The van der Waals surface area contributed by atoms with E-state index in [2.05, 4.69) is 5.16 Å². The number of hydrogen-bond donors (Lipinski definition) is 1. The molecule has 0 aliphatic carbocycles. The van der Waals surface area contributed by atoms with Gasteiger partial charge >= 0.3 is 0 Å². The highest BCUT2D eigenvalue weighted by molar-refractivity contribution is 6.02. The third-order valence-corrected chi connectivity index (χ3v) is 2.13. The molecule has 1 aromatic carbocycles. The molecule has 1 aliphatic heterocycles. The van der Waals surface area contributed by atoms with Crippen molar-refractivity contribution in [3.05, 3.63) is 29.8 Å². The lowest BCUT2D eigenvalue weighted by molar-refractivity contribution is 0.314. The van der Waals surface area contributed by atoms with Gasteiger partial charge in [-0.15, -0.1) is 0 Å². The average molecular weight is 177 g/mol. The zero-order chi connectivity index (χ0) is 9.10. The first-order chi connectivity index (χ1) is 6.42. The second-order valence-electron chi connectivity index (χ2n) is 2.99. The van der Waals surface area contributed by atoms with Crippen molar-refractivity contribution < 1.29 is 9.94 Å². The molecule has 0 fully saturated rings. The molecule has 68 valence electrons. The maximum atomic E-state index is 8.80. The topological polar surface area (TPSA) is 41.8 Å². The van der Waals surface area contributed by atoms with Crippen LogP contribution in [0.4, 0.5) is 0 Å². The Morgan fingerprint density at radius 2 is 2.15 bits per heavy atom. The first-order valence-electron chi connectivity index (χ1n) is 4.35. The molecule has 13 heavy (non-hydrogen) atoms. The van der Waals surface area contributed by atoms with Crippen LogP contribution in [-0.4, -0.2) is 17.5 Å². The monoisotopic (exact) mass is 177 g/mol. The van der Waals surface area contributed by atoms with Crippen LogP contribution in [0.15, 0.2) is 29.4 Å². The van der Waals surface area contributed by atoms with E-state index in [4.69, 9.17) is 9.94 Å². The Morgan fingerprint density at radius 3 is 3.00 bits per heavy atom. The Bertz CT molecular complexity index is 333. The van der Waals surface area contributed by atoms with Crippen molar-refractivity contribution >= 4 is 5.71 Å². The van der Waals surface area contributed by atoms with Crippen molar-refractivity contribution in [2.45, 2.75) is 12.8 Å². The molecule has 2 rings (SSSR count). The predicted molar refractivity (Wildman–Crippen MR) is 49.5 cm³/mol. The molecule has 0 atom stereocenters. The summed E-state index contributed by atoms with van der Waals surface area (Å²) in [5.41, 5.74) is 1.62. The maximum Gasteiger partial charge on any atom is 0.128 e. The van der Waals surface area contributed by atoms with Crippen LogP contribution in [0, 0.1) is 0 Å². The smallest absolute Gasteiger partial charge is 0.128 e. The van der Waals surface area contributed by atoms with Crippen LogP contribution in [0.3, 0.4) is 0 Å². The van der Waals surface area contributed by atoms with Gasteiger partial charge in [-0.1, -0.05) is 17.3 Å². The number of benzene rings is 1. The molecule has 0 amide bonds. The number of ether oxygens (including phenoxy) is 1. The molecule has 1 N–H and O–H groups in total. The van der Waals surface area contributed by atoms with Gasteiger partial charge in [0, 0.05) is 5.56 Å². The van der Waals surface area contributed by atoms with E-state index in [1.54, 1.807) is 0 Å². The van der Waals surface area contributed by atoms with Crippen molar-refractivity contribution in [2.75, 3.05) is 6.61 Å². The number of oxime groups is 1. The van der Waals surface area contributed by atoms with E-state index in [-0.39, 0.29) is 0 Å². The highest BCUT2D eigenvalue weighted by Crippen LogP contribution is 2.23. The summed E-state index contributed by atoms with van der Waals surface area (Å²) in [5, 5.41) is 12.1. The Morgan fingerprint density at radius 1 is 1.31 bits per heavy atom. The summed E-state index contributed by atoms with van der Waals surface area (Å²) >= 11 is 0. The van der Waals surface area contributed by atoms with Crippen LogP contribution in [0.1, 0.15) is 18.4 Å². The Balaban J connectivity index is 2.48. The van der Waals surface area contributed by atoms with Gasteiger partial charge in [0.05, 0.1) is 12.3 Å². The van der Waals surface area contributed by atoms with E-state index < -0.39 is 0 Å². The van der Waals surface area contributed by atoms with E-state index in [1.165, 1.54) is 0 Å². The van der Waals surface area contributed by atoms with Crippen LogP contribution in [0.2, 0.25) is 0 Å². The fourth-order valence-electron chi connectivity index (χ4n) is 1.49. The quantitative estimate of drug-likeness (QED) is 0.486. The first-order valence-corrected chi connectivity index (χ1v) is 4.35. The van der Waals surface area contributed by atoms with Crippen LogP contribution in [0.25, 0.3) is 0 Å². The van der Waals surface area contributed by atoms with Gasteiger partial charge in [0.2, 0.25) is 0 Å². The molecule has 0 spiro atoms. The van der Waals surface area contributed by atoms with Gasteiger partial charge in [-0.25, -0.2) is 0 Å². The lowest BCUT2D eigenvalue weighted by atomic mass is 10.1. The molecule has 1 heterocycles. The molecule has 0 bridgehead atoms. The molecular formula is C10H11NO2. The Labute approximate surface area is 76.6 Å². The van der Waals surface area contributed by atoms with Crippen molar-refractivity contribution in [1.82, 2.24) is 0 Å². The van der Waals surface area contributed by atoms with Crippen molar-refractivity contribution in [3.8, 4) is 5.75 Å². The third-order valence-electron chi connectivity index (χ3n) is 2.13. The number of nitrogens with zero attached hydrogens (tertiary/aromatic N) is 1. The first kappa shape index (κ1) is 8.10. The highest BCUT2D eigenvalue weighted by Gasteiger charge is 2.14. The van der Waals surface area contributed by atoms with Gasteiger partial charge in [-0.3, -0.25) is 0 Å². The summed E-state index contributed by atoms with van der Waals surface area (Å²) in [6.45, 7) is 0.691. The SMILES string of the molecule is ON=C1CCCOc2ccccc21. The van der Waals surface area contributed by atoms with Gasteiger partial charge in [0.15, 0.2) is 0 Å². The molecule has 0 saturated heterocycles. The lowest BCUT2D eigenvalue weighted by Gasteiger charge is -2.05. The fraction of sp³-hybridized carbons (Fsp3) is 0.300. The predicted octanol–water partition coefficient (Wildman–Crippen LogP) is 2.04. The second kappa shape index (κ2) is 3.47. The molecule has 0 saturated carbocycles. The minimum atomic E-state index is 0.691. The van der Waals surface area contributed by atoms with Crippen molar-refractivity contribution in [1.29, 1.82) is 0 Å². The Hall–Kier alpha value is -1.51. The zero-order valence-corrected chi connectivity index (χ0v) is 7.23. The van der Waals surface area contributed by atoms with Crippen LogP contribution in [-0.2, 0) is 0 Å². The minimum absolute atomic E-state index is 0.691. The van der Waals surface area contributed by atoms with Crippen LogP contribution in [0.5, 0.6) is 5.75 Å². The zero-order valence-electron chi connectivity index (χ0n) is 7.23. The van der Waals surface area contributed by atoms with Gasteiger partial charge in [0.25, 0.3) is 0 Å². The van der Waals surface area contributed by atoms with Crippen LogP contribution >= 0.6 is 0 Å². The van der Waals surface area contributed by atoms with Crippen LogP contribution < -0.4 is 4.74 Å². The average Bonchev–Trinajstić information content (AvgIpc) is 2.39. The minimum Gasteiger partial charge on any atom is -0.493 e. The maximum absolute atomic E-state index is 8.80. The molecular weight excluding hydrogens is 166 g/mol. The molecule has 3 nitrogen and oxygen atoms in total. The number of fused-ring (bicyclic) bond motifs is 1. The fourth-order valence-corrected chi connectivity index (χ4v) is 1.49. The van der Waals surface area contributed by atoms with Gasteiger partial charge in [-0.05, 0) is 25.0 Å². The molecule has 0 unspecified atom stereocenters. The second-order valence-corrected chi connectivity index (χ2v) is 2.99. The van der Waals surface area contributed by atoms with Gasteiger partial charge < -0.3 is 9.94 Å². The summed E-state index contributed by atoms with van der Waals surface area (Å²) < 4.78 is 5.49. The van der Waals surface area contributed by atoms with E-state index in [0.717, 1.165) is 24.2 Å². The van der Waals surface area contributed by atoms with E-state index in [0.29, 0.717) is 12.3 Å². The summed E-state index contributed by atoms with van der Waals surface area (Å²) in [6, 6.07) is 7.64. The normalized spacial score (nSPS) is 18.9. The summed E-state index contributed by atoms with van der Waals surface area (Å²) in [4.78, 5) is 0. The number of rotatable bonds is 0. The van der Waals surface area contributed by atoms with E-state index in [1.807, 2.05) is 24.3 Å². The molecule has 1 aliphatic rings. The number of hydrogen-bond acceptors (Lipinski definition) is 3. The largest absolute Gasteiger partial charge is 0.493 e. The molecule has 1 aromatic rings. The van der Waals surface area contributed by atoms with Gasteiger partial charge in [0.1, 0.15) is 5.75 Å². The van der Waals surface area contributed by atoms with E-state index in [9.17, 15) is 0 Å². The summed E-state index contributed by atoms with van der Waals surface area (Å²) in [7, 11) is 0. The third kappa shape index (κ3) is 1.49. The van der Waals surface area contributed by atoms with Crippen molar-refractivity contribution in [2.24, 2.45) is 5.16 Å². The van der Waals surface area contributed by atoms with E-state index >= 15 is 0 Å². The lowest BCUT2D eigenvalue weighted by Crippen LogP contribution is -1.98. The Kier molecular flexibility index (Phi) is 2.17. The summed E-state index contributed by atoms with van der Waals surface area (Å²) in [5.74, 6) is 0.813. The summed E-state index contributed by atoms with van der Waals surface area (Å²) in [6.07, 6.45) is 1.67. The number of para-hydroxylation sites is 1. The molecule has 0 radical (unpaired) electrons. The van der Waals surface area contributed by atoms with Crippen molar-refractivity contribution in [3.63, 3.8) is 0 Å². The molecule has 0 aromatic heterocycles. The highest BCUT2D eigenvalue weighted by atomic mass is 16.5. The standard InChI is InChI=1S/C10H11NO2/c12-11-9-5-3-7-13-10-6-2-1-4-8(9)10/h1-2,4,6,12H,3,5,7H2.